The van der Waals surface area contributed by atoms with Crippen molar-refractivity contribution in [3.05, 3.63) is 59.4 Å². The molecule has 1 aromatic heterocycles. The van der Waals surface area contributed by atoms with Crippen LogP contribution in [0.25, 0.3) is 11.0 Å². The SMILES string of the molecule is CCOc1ccc2oc(C(=O)OCC(=O)Nc3ccc(C(N)=O)cc3)c(C)c2c1. The molecule has 8 nitrogen and oxygen atoms in total. The zero-order valence-corrected chi connectivity index (χ0v) is 16.0. The molecule has 3 rings (SSSR count). The number of esters is 1. The lowest BCUT2D eigenvalue weighted by molar-refractivity contribution is -0.119. The van der Waals surface area contributed by atoms with Crippen molar-refractivity contribution in [3.63, 3.8) is 0 Å². The van der Waals surface area contributed by atoms with Gasteiger partial charge < -0.3 is 24.9 Å². The van der Waals surface area contributed by atoms with Gasteiger partial charge in [0.1, 0.15) is 11.3 Å². The summed E-state index contributed by atoms with van der Waals surface area (Å²) in [4.78, 5) is 35.4. The average molecular weight is 396 g/mol. The Kier molecular flexibility index (Phi) is 5.82. The average Bonchev–Trinajstić information content (AvgIpc) is 3.03. The first-order valence-electron chi connectivity index (χ1n) is 8.91. The minimum atomic E-state index is -0.740. The third-order valence-electron chi connectivity index (χ3n) is 4.19. The first-order valence-corrected chi connectivity index (χ1v) is 8.91. The van der Waals surface area contributed by atoms with Gasteiger partial charge in [0.25, 0.3) is 5.91 Å². The van der Waals surface area contributed by atoms with Crippen molar-refractivity contribution in [1.82, 2.24) is 0 Å². The Morgan fingerprint density at radius 3 is 2.48 bits per heavy atom. The summed E-state index contributed by atoms with van der Waals surface area (Å²) in [6.45, 7) is 3.65. The van der Waals surface area contributed by atoms with E-state index in [9.17, 15) is 14.4 Å². The van der Waals surface area contributed by atoms with Crippen molar-refractivity contribution in [2.75, 3.05) is 18.5 Å². The second kappa shape index (κ2) is 8.47. The molecule has 8 heteroatoms. The number of aryl methyl sites for hydroxylation is 1. The van der Waals surface area contributed by atoms with Crippen molar-refractivity contribution in [1.29, 1.82) is 0 Å². The summed E-state index contributed by atoms with van der Waals surface area (Å²) in [5.41, 5.74) is 7.06. The summed E-state index contributed by atoms with van der Waals surface area (Å²) in [7, 11) is 0. The van der Waals surface area contributed by atoms with E-state index >= 15 is 0 Å². The Labute approximate surface area is 166 Å². The summed E-state index contributed by atoms with van der Waals surface area (Å²) < 4.78 is 16.1. The van der Waals surface area contributed by atoms with E-state index in [1.165, 1.54) is 24.3 Å². The van der Waals surface area contributed by atoms with Gasteiger partial charge in [0.2, 0.25) is 11.7 Å². The van der Waals surface area contributed by atoms with Gasteiger partial charge in [-0.25, -0.2) is 4.79 Å². The molecule has 2 amide bonds. The molecule has 150 valence electrons. The number of benzene rings is 2. The Hall–Kier alpha value is -3.81. The fraction of sp³-hybridized carbons (Fsp3) is 0.190. The summed E-state index contributed by atoms with van der Waals surface area (Å²) in [6, 6.07) is 11.3. The van der Waals surface area contributed by atoms with Crippen LogP contribution in [0, 0.1) is 6.92 Å². The van der Waals surface area contributed by atoms with Crippen molar-refractivity contribution in [3.8, 4) is 5.75 Å². The third kappa shape index (κ3) is 4.55. The highest BCUT2D eigenvalue weighted by Gasteiger charge is 2.20. The number of rotatable bonds is 7. The molecule has 0 bridgehead atoms. The van der Waals surface area contributed by atoms with E-state index < -0.39 is 24.4 Å². The second-order valence-corrected chi connectivity index (χ2v) is 6.21. The molecule has 1 heterocycles. The van der Waals surface area contributed by atoms with Gasteiger partial charge in [0, 0.05) is 22.2 Å². The van der Waals surface area contributed by atoms with Crippen molar-refractivity contribution < 1.29 is 28.3 Å². The highest BCUT2D eigenvalue weighted by Crippen LogP contribution is 2.29. The van der Waals surface area contributed by atoms with Gasteiger partial charge in [-0.3, -0.25) is 9.59 Å². The molecular formula is C21H20N2O6. The molecule has 2 aromatic carbocycles. The molecule has 0 fully saturated rings. The lowest BCUT2D eigenvalue weighted by atomic mass is 10.1. The number of furan rings is 1. The number of nitrogens with one attached hydrogen (secondary N) is 1. The predicted molar refractivity (Wildman–Crippen MR) is 106 cm³/mol. The molecule has 0 saturated carbocycles. The maximum atomic E-state index is 12.3. The van der Waals surface area contributed by atoms with Crippen LogP contribution < -0.4 is 15.8 Å². The standard InChI is InChI=1S/C21H20N2O6/c1-3-27-15-8-9-17-16(10-15)12(2)19(29-17)21(26)28-11-18(24)23-14-6-4-13(5-7-14)20(22)25/h4-10H,3,11H2,1-2H3,(H2,22,25)(H,23,24). The molecule has 29 heavy (non-hydrogen) atoms. The van der Waals surface area contributed by atoms with E-state index in [1.807, 2.05) is 6.92 Å². The van der Waals surface area contributed by atoms with Crippen molar-refractivity contribution >= 4 is 34.4 Å². The molecular weight excluding hydrogens is 376 g/mol. The Balaban J connectivity index is 1.63. The van der Waals surface area contributed by atoms with Gasteiger partial charge in [-0.2, -0.15) is 0 Å². The lowest BCUT2D eigenvalue weighted by Crippen LogP contribution is -2.21. The van der Waals surface area contributed by atoms with Crippen LogP contribution in [-0.4, -0.2) is 31.0 Å². The number of nitrogens with two attached hydrogens (primary N) is 1. The summed E-state index contributed by atoms with van der Waals surface area (Å²) >= 11 is 0. The Bertz CT molecular complexity index is 1070. The number of carbonyl (C=O) groups excluding carboxylic acids is 3. The van der Waals surface area contributed by atoms with Crippen molar-refractivity contribution in [2.24, 2.45) is 5.73 Å². The van der Waals surface area contributed by atoms with Gasteiger partial charge in [-0.15, -0.1) is 0 Å². The number of hydrogen-bond donors (Lipinski definition) is 2. The van der Waals surface area contributed by atoms with Crippen LogP contribution in [0.15, 0.2) is 46.9 Å². The Morgan fingerprint density at radius 1 is 1.10 bits per heavy atom. The molecule has 0 aliphatic rings. The Morgan fingerprint density at radius 2 is 1.83 bits per heavy atom. The molecule has 0 saturated heterocycles. The quantitative estimate of drug-likeness (QED) is 0.592. The summed E-state index contributed by atoms with van der Waals surface area (Å²) in [5.74, 6) is -1.13. The van der Waals surface area contributed by atoms with E-state index in [-0.39, 0.29) is 5.76 Å². The van der Waals surface area contributed by atoms with E-state index in [4.69, 9.17) is 19.6 Å². The normalized spacial score (nSPS) is 10.6. The zero-order valence-electron chi connectivity index (χ0n) is 16.0. The number of primary amides is 1. The fourth-order valence-corrected chi connectivity index (χ4v) is 2.76. The topological polar surface area (TPSA) is 121 Å². The molecule has 0 aliphatic heterocycles. The number of hydrogen-bond acceptors (Lipinski definition) is 6. The molecule has 3 N–H and O–H groups in total. The van der Waals surface area contributed by atoms with Gasteiger partial charge in [-0.05, 0) is 56.3 Å². The highest BCUT2D eigenvalue weighted by atomic mass is 16.5. The third-order valence-corrected chi connectivity index (χ3v) is 4.19. The van der Waals surface area contributed by atoms with Crippen LogP contribution in [0.4, 0.5) is 5.69 Å². The highest BCUT2D eigenvalue weighted by molar-refractivity contribution is 5.99. The molecule has 3 aromatic rings. The minimum Gasteiger partial charge on any atom is -0.494 e. The van der Waals surface area contributed by atoms with Gasteiger partial charge >= 0.3 is 5.97 Å². The fourth-order valence-electron chi connectivity index (χ4n) is 2.76. The summed E-state index contributed by atoms with van der Waals surface area (Å²) in [6.07, 6.45) is 0. The smallest absolute Gasteiger partial charge is 0.375 e. The number of carbonyl (C=O) groups is 3. The first-order chi connectivity index (χ1) is 13.9. The van der Waals surface area contributed by atoms with Crippen LogP contribution in [-0.2, 0) is 9.53 Å². The van der Waals surface area contributed by atoms with Gasteiger partial charge in [0.05, 0.1) is 6.61 Å². The molecule has 0 atom stereocenters. The van der Waals surface area contributed by atoms with E-state index in [1.54, 1.807) is 25.1 Å². The van der Waals surface area contributed by atoms with E-state index in [0.717, 1.165) is 5.39 Å². The number of ether oxygens (including phenoxy) is 2. The van der Waals surface area contributed by atoms with Crippen LogP contribution in [0.1, 0.15) is 33.4 Å². The monoisotopic (exact) mass is 396 g/mol. The predicted octanol–water partition coefficient (Wildman–Crippen LogP) is 3.03. The number of amides is 2. The van der Waals surface area contributed by atoms with E-state index in [2.05, 4.69) is 5.32 Å². The summed E-state index contributed by atoms with van der Waals surface area (Å²) in [5, 5.41) is 3.30. The van der Waals surface area contributed by atoms with Crippen LogP contribution in [0.5, 0.6) is 5.75 Å². The minimum absolute atomic E-state index is 0.0345. The molecule has 0 unspecified atom stereocenters. The first kappa shape index (κ1) is 19.9. The maximum absolute atomic E-state index is 12.3. The zero-order chi connectivity index (χ0) is 21.0. The largest absolute Gasteiger partial charge is 0.494 e. The lowest BCUT2D eigenvalue weighted by Gasteiger charge is -2.06. The molecule has 0 radical (unpaired) electrons. The van der Waals surface area contributed by atoms with Crippen molar-refractivity contribution in [2.45, 2.75) is 13.8 Å². The van der Waals surface area contributed by atoms with Crippen LogP contribution in [0.2, 0.25) is 0 Å². The number of fused-ring (bicyclic) bond motifs is 1. The molecule has 0 aliphatic carbocycles. The van der Waals surface area contributed by atoms with Crippen LogP contribution in [0.3, 0.4) is 0 Å². The van der Waals surface area contributed by atoms with E-state index in [0.29, 0.717) is 34.8 Å². The van der Waals surface area contributed by atoms with Gasteiger partial charge in [-0.1, -0.05) is 0 Å². The van der Waals surface area contributed by atoms with Gasteiger partial charge in [0.15, 0.2) is 6.61 Å². The molecule has 0 spiro atoms. The van der Waals surface area contributed by atoms with Crippen LogP contribution >= 0.6 is 0 Å². The number of anilines is 1. The maximum Gasteiger partial charge on any atom is 0.375 e. The second-order valence-electron chi connectivity index (χ2n) is 6.21.